The van der Waals surface area contributed by atoms with Crippen molar-refractivity contribution < 1.29 is 4.79 Å². The Morgan fingerprint density at radius 2 is 2.00 bits per heavy atom. The van der Waals surface area contributed by atoms with Crippen molar-refractivity contribution in [2.75, 3.05) is 0 Å². The van der Waals surface area contributed by atoms with Gasteiger partial charge in [0.2, 0.25) is 0 Å². The Bertz CT molecular complexity index is 420. The van der Waals surface area contributed by atoms with E-state index in [-0.39, 0.29) is 11.7 Å². The number of hydrogen-bond acceptors (Lipinski definition) is 3. The highest BCUT2D eigenvalue weighted by atomic mass is 16.2. The van der Waals surface area contributed by atoms with E-state index >= 15 is 0 Å². The molecule has 3 N–H and O–H groups in total. The minimum Gasteiger partial charge on any atom is -0.382 e. The van der Waals surface area contributed by atoms with E-state index in [1.807, 2.05) is 30.3 Å². The fraction of sp³-hybridized carbons (Fsp3) is 0. The molecule has 1 aromatic carbocycles. The van der Waals surface area contributed by atoms with Crippen molar-refractivity contribution in [1.29, 1.82) is 0 Å². The van der Waals surface area contributed by atoms with Gasteiger partial charge in [0, 0.05) is 0 Å². The number of rotatable bonds is 1. The van der Waals surface area contributed by atoms with Crippen LogP contribution in [0.2, 0.25) is 0 Å². The smallest absolute Gasteiger partial charge is 0.275 e. The van der Waals surface area contributed by atoms with Crippen LogP contribution in [-0.4, -0.2) is 11.7 Å². The van der Waals surface area contributed by atoms with Gasteiger partial charge < -0.3 is 5.73 Å². The third kappa shape index (κ3) is 1.50. The summed E-state index contributed by atoms with van der Waals surface area (Å²) in [6.07, 6.45) is 1.71. The number of benzene rings is 1. The van der Waals surface area contributed by atoms with Gasteiger partial charge in [0.25, 0.3) is 5.91 Å². The Morgan fingerprint density at radius 3 is 2.57 bits per heavy atom. The van der Waals surface area contributed by atoms with Crippen molar-refractivity contribution in [2.45, 2.75) is 0 Å². The molecule has 1 aromatic rings. The molecule has 0 saturated heterocycles. The number of nitrogens with zero attached hydrogens (tertiary/aromatic N) is 1. The molecule has 4 heteroatoms. The van der Waals surface area contributed by atoms with Crippen molar-refractivity contribution in [2.24, 2.45) is 10.8 Å². The first-order valence-electron chi connectivity index (χ1n) is 4.18. The third-order valence-corrected chi connectivity index (χ3v) is 1.91. The van der Waals surface area contributed by atoms with E-state index in [1.165, 1.54) is 0 Å². The average molecular weight is 187 g/mol. The predicted octanol–water partition coefficient (Wildman–Crippen LogP) is 0.472. The number of nitrogens with two attached hydrogens (primary N) is 1. The lowest BCUT2D eigenvalue weighted by Crippen LogP contribution is -2.16. The van der Waals surface area contributed by atoms with Gasteiger partial charge in [0.15, 0.2) is 5.84 Å². The SMILES string of the molecule is NC1=NNC(=O)C1=Cc1ccccc1. The van der Waals surface area contributed by atoms with Gasteiger partial charge in [-0.2, -0.15) is 5.10 Å². The molecule has 1 aliphatic heterocycles. The highest BCUT2D eigenvalue weighted by Crippen LogP contribution is 2.09. The zero-order valence-electron chi connectivity index (χ0n) is 7.40. The summed E-state index contributed by atoms with van der Waals surface area (Å²) in [6, 6.07) is 9.49. The van der Waals surface area contributed by atoms with E-state index in [9.17, 15) is 4.79 Å². The summed E-state index contributed by atoms with van der Waals surface area (Å²) in [5, 5.41) is 3.62. The van der Waals surface area contributed by atoms with Gasteiger partial charge in [-0.05, 0) is 11.6 Å². The Labute approximate surface area is 81.1 Å². The number of carbonyl (C=O) groups excluding carboxylic acids is 1. The van der Waals surface area contributed by atoms with Crippen LogP contribution in [0.5, 0.6) is 0 Å². The van der Waals surface area contributed by atoms with E-state index in [0.29, 0.717) is 5.57 Å². The molecule has 4 nitrogen and oxygen atoms in total. The molecular formula is C10H9N3O. The fourth-order valence-electron chi connectivity index (χ4n) is 1.20. The first-order chi connectivity index (χ1) is 6.77. The van der Waals surface area contributed by atoms with Crippen LogP contribution in [0.1, 0.15) is 5.56 Å². The van der Waals surface area contributed by atoms with E-state index < -0.39 is 0 Å². The number of amidine groups is 1. The van der Waals surface area contributed by atoms with Crippen LogP contribution in [0, 0.1) is 0 Å². The number of hydrazone groups is 1. The minimum absolute atomic E-state index is 0.235. The lowest BCUT2D eigenvalue weighted by Gasteiger charge is -1.95. The Hall–Kier alpha value is -2.10. The molecule has 0 atom stereocenters. The molecule has 0 aliphatic carbocycles. The van der Waals surface area contributed by atoms with Gasteiger partial charge in [0.1, 0.15) is 0 Å². The van der Waals surface area contributed by atoms with Gasteiger partial charge in [-0.1, -0.05) is 30.3 Å². The molecule has 0 bridgehead atoms. The topological polar surface area (TPSA) is 67.5 Å². The normalized spacial score (nSPS) is 18.1. The first kappa shape index (κ1) is 8.50. The first-order valence-corrected chi connectivity index (χ1v) is 4.18. The summed E-state index contributed by atoms with van der Waals surface area (Å²) in [5.41, 5.74) is 9.15. The molecule has 1 aliphatic rings. The third-order valence-electron chi connectivity index (χ3n) is 1.91. The van der Waals surface area contributed by atoms with Crippen molar-refractivity contribution >= 4 is 17.8 Å². The molecule has 0 fully saturated rings. The highest BCUT2D eigenvalue weighted by Gasteiger charge is 2.19. The average Bonchev–Trinajstić information content (AvgIpc) is 2.51. The van der Waals surface area contributed by atoms with E-state index in [4.69, 9.17) is 5.73 Å². The number of amides is 1. The van der Waals surface area contributed by atoms with Crippen LogP contribution >= 0.6 is 0 Å². The van der Waals surface area contributed by atoms with Crippen LogP contribution in [0.25, 0.3) is 6.08 Å². The summed E-state index contributed by atoms with van der Waals surface area (Å²) in [7, 11) is 0. The van der Waals surface area contributed by atoms with Crippen LogP contribution in [0.4, 0.5) is 0 Å². The lowest BCUT2D eigenvalue weighted by atomic mass is 10.1. The lowest BCUT2D eigenvalue weighted by molar-refractivity contribution is -0.116. The van der Waals surface area contributed by atoms with E-state index in [1.54, 1.807) is 6.08 Å². The van der Waals surface area contributed by atoms with Crippen LogP contribution < -0.4 is 11.2 Å². The summed E-state index contributed by atoms with van der Waals surface area (Å²) >= 11 is 0. The highest BCUT2D eigenvalue weighted by molar-refractivity contribution is 6.26. The number of carbonyl (C=O) groups is 1. The fourth-order valence-corrected chi connectivity index (χ4v) is 1.20. The summed E-state index contributed by atoms with van der Waals surface area (Å²) < 4.78 is 0. The van der Waals surface area contributed by atoms with Crippen molar-refractivity contribution in [3.8, 4) is 0 Å². The van der Waals surface area contributed by atoms with Gasteiger partial charge in [-0.15, -0.1) is 0 Å². The van der Waals surface area contributed by atoms with Crippen LogP contribution in [0.3, 0.4) is 0 Å². The molecule has 2 rings (SSSR count). The number of nitrogens with one attached hydrogen (secondary N) is 1. The monoisotopic (exact) mass is 187 g/mol. The van der Waals surface area contributed by atoms with Gasteiger partial charge in [0.05, 0.1) is 5.57 Å². The van der Waals surface area contributed by atoms with Gasteiger partial charge in [-0.25, -0.2) is 5.43 Å². The number of hydrogen-bond donors (Lipinski definition) is 2. The minimum atomic E-state index is -0.258. The predicted molar refractivity (Wildman–Crippen MR) is 54.2 cm³/mol. The molecule has 0 unspecified atom stereocenters. The summed E-state index contributed by atoms with van der Waals surface area (Å²) in [5.74, 6) is -0.0230. The Morgan fingerprint density at radius 1 is 1.29 bits per heavy atom. The van der Waals surface area contributed by atoms with Crippen molar-refractivity contribution in [3.63, 3.8) is 0 Å². The maximum atomic E-state index is 11.2. The largest absolute Gasteiger partial charge is 0.382 e. The Balaban J connectivity index is 2.36. The van der Waals surface area contributed by atoms with Gasteiger partial charge >= 0.3 is 0 Å². The molecule has 0 spiro atoms. The maximum Gasteiger partial charge on any atom is 0.275 e. The standard InChI is InChI=1S/C10H9N3O/c11-9-8(10(14)13-12-9)6-7-4-2-1-3-5-7/h1-6H,(H2,11,12)(H,13,14). The summed E-state index contributed by atoms with van der Waals surface area (Å²) in [6.45, 7) is 0. The molecule has 1 heterocycles. The molecule has 1 amide bonds. The zero-order chi connectivity index (χ0) is 9.97. The molecule has 0 saturated carbocycles. The summed E-state index contributed by atoms with van der Waals surface area (Å²) in [4.78, 5) is 11.2. The van der Waals surface area contributed by atoms with Crippen molar-refractivity contribution in [3.05, 3.63) is 41.5 Å². The molecule has 0 radical (unpaired) electrons. The quantitative estimate of drug-likeness (QED) is 0.627. The van der Waals surface area contributed by atoms with Crippen LogP contribution in [-0.2, 0) is 4.79 Å². The van der Waals surface area contributed by atoms with Crippen molar-refractivity contribution in [1.82, 2.24) is 5.43 Å². The van der Waals surface area contributed by atoms with E-state index in [2.05, 4.69) is 10.5 Å². The van der Waals surface area contributed by atoms with Gasteiger partial charge in [-0.3, -0.25) is 4.79 Å². The zero-order valence-corrected chi connectivity index (χ0v) is 7.40. The molecular weight excluding hydrogens is 178 g/mol. The maximum absolute atomic E-state index is 11.2. The molecule has 0 aromatic heterocycles. The molecule has 14 heavy (non-hydrogen) atoms. The second kappa shape index (κ2) is 3.33. The van der Waals surface area contributed by atoms with Crippen LogP contribution in [0.15, 0.2) is 41.0 Å². The van der Waals surface area contributed by atoms with E-state index in [0.717, 1.165) is 5.56 Å². The second-order valence-electron chi connectivity index (χ2n) is 2.91. The molecule has 70 valence electrons. The Kier molecular flexibility index (Phi) is 2.02. The second-order valence-corrected chi connectivity index (χ2v) is 2.91.